The van der Waals surface area contributed by atoms with Gasteiger partial charge in [0.2, 0.25) is 0 Å². The monoisotopic (exact) mass is 98.1 g/mol. The van der Waals surface area contributed by atoms with Crippen LogP contribution in [-0.2, 0) is 0 Å². The molecule has 1 aliphatic heterocycles. The molecule has 1 N–H and O–H groups in total. The molecular weight excluding hydrogens is 88.1 g/mol. The molecule has 0 spiro atoms. The largest absolute Gasteiger partial charge is 0.298 e. The minimum atomic E-state index is 0.819. The molecule has 0 amide bonds. The van der Waals surface area contributed by atoms with Crippen molar-refractivity contribution < 1.29 is 0 Å². The lowest BCUT2D eigenvalue weighted by atomic mass is 10.3. The van der Waals surface area contributed by atoms with Crippen molar-refractivity contribution in [2.75, 3.05) is 13.2 Å². The lowest BCUT2D eigenvalue weighted by molar-refractivity contribution is 0.699. The highest BCUT2D eigenvalue weighted by molar-refractivity contribution is 5.57. The van der Waals surface area contributed by atoms with Gasteiger partial charge in [-0.2, -0.15) is 0 Å². The van der Waals surface area contributed by atoms with Crippen LogP contribution in [0.1, 0.15) is 12.8 Å². The first-order valence-corrected chi connectivity index (χ1v) is 2.69. The molecule has 7 heavy (non-hydrogen) atoms. The number of hydrogen-bond donors (Lipinski definition) is 1. The van der Waals surface area contributed by atoms with Crippen LogP contribution in [0.2, 0.25) is 0 Å². The summed E-state index contributed by atoms with van der Waals surface area (Å²) in [6, 6.07) is 0. The number of aliphatic imine (C=N–C) groups is 1. The Morgan fingerprint density at radius 1 is 1.57 bits per heavy atom. The van der Waals surface area contributed by atoms with Gasteiger partial charge < -0.3 is 0 Å². The van der Waals surface area contributed by atoms with E-state index in [4.69, 9.17) is 0 Å². The highest BCUT2D eigenvalue weighted by Gasteiger charge is 1.87. The molecule has 2 nitrogen and oxygen atoms in total. The van der Waals surface area contributed by atoms with Crippen LogP contribution in [0.3, 0.4) is 0 Å². The summed E-state index contributed by atoms with van der Waals surface area (Å²) in [6.07, 6.45) is 4.37. The maximum absolute atomic E-state index is 4.03. The highest BCUT2D eigenvalue weighted by atomic mass is 15.0. The van der Waals surface area contributed by atoms with Gasteiger partial charge in [-0.15, -0.1) is 0 Å². The van der Waals surface area contributed by atoms with Crippen molar-refractivity contribution in [1.82, 2.24) is 5.32 Å². The van der Waals surface area contributed by atoms with E-state index < -0.39 is 0 Å². The summed E-state index contributed by atoms with van der Waals surface area (Å²) < 4.78 is 0. The fourth-order valence-electron chi connectivity index (χ4n) is 0.618. The van der Waals surface area contributed by atoms with Crippen molar-refractivity contribution in [1.29, 1.82) is 0 Å². The molecule has 1 rings (SSSR count). The van der Waals surface area contributed by atoms with Gasteiger partial charge in [0.25, 0.3) is 0 Å². The Morgan fingerprint density at radius 3 is 3.57 bits per heavy atom. The van der Waals surface area contributed by atoms with Crippen molar-refractivity contribution in [3.8, 4) is 0 Å². The zero-order valence-electron chi connectivity index (χ0n) is 4.35. The van der Waals surface area contributed by atoms with Crippen LogP contribution >= 0.6 is 0 Å². The summed E-state index contributed by atoms with van der Waals surface area (Å²) in [5, 5.41) is 3.15. The van der Waals surface area contributed by atoms with Crippen LogP contribution in [0.5, 0.6) is 0 Å². The number of rotatable bonds is 0. The van der Waals surface area contributed by atoms with Gasteiger partial charge in [-0.05, 0) is 19.4 Å². The fraction of sp³-hybridized carbons (Fsp3) is 0.800. The summed E-state index contributed by atoms with van der Waals surface area (Å²) in [7, 11) is 0. The molecule has 1 heterocycles. The van der Waals surface area contributed by atoms with Crippen molar-refractivity contribution in [3.63, 3.8) is 0 Å². The summed E-state index contributed by atoms with van der Waals surface area (Å²) in [6.45, 7) is 1.94. The average Bonchev–Trinajstić information content (AvgIpc) is 1.90. The molecule has 0 saturated heterocycles. The van der Waals surface area contributed by atoms with Crippen LogP contribution in [0, 0.1) is 0 Å². The predicted molar refractivity (Wildman–Crippen MR) is 30.6 cm³/mol. The zero-order chi connectivity index (χ0) is 4.95. The quantitative estimate of drug-likeness (QED) is 0.466. The molecule has 0 atom stereocenters. The van der Waals surface area contributed by atoms with Crippen LogP contribution < -0.4 is 5.32 Å². The van der Waals surface area contributed by atoms with E-state index in [2.05, 4.69) is 10.3 Å². The van der Waals surface area contributed by atoms with Gasteiger partial charge in [-0.25, -0.2) is 0 Å². The molecule has 0 aromatic rings. The van der Waals surface area contributed by atoms with Gasteiger partial charge in [-0.3, -0.25) is 10.3 Å². The van der Waals surface area contributed by atoms with Crippen LogP contribution in [0.15, 0.2) is 4.99 Å². The van der Waals surface area contributed by atoms with Crippen LogP contribution in [0.4, 0.5) is 0 Å². The Labute approximate surface area is 43.6 Å². The third kappa shape index (κ3) is 1.69. The van der Waals surface area contributed by atoms with E-state index in [1.165, 1.54) is 6.42 Å². The molecule has 2 heteroatoms. The standard InChI is InChI=1S/C5H10N2/c1-2-4-7-5-6-3-1/h3,7H,1-2,4-5H2. The van der Waals surface area contributed by atoms with Crippen molar-refractivity contribution in [3.05, 3.63) is 0 Å². The second-order valence-corrected chi connectivity index (χ2v) is 1.67. The molecule has 0 unspecified atom stereocenters. The van der Waals surface area contributed by atoms with Gasteiger partial charge in [0.05, 0.1) is 6.67 Å². The molecule has 0 fully saturated rings. The van der Waals surface area contributed by atoms with Gasteiger partial charge in [0, 0.05) is 6.21 Å². The molecule has 0 aromatic heterocycles. The highest BCUT2D eigenvalue weighted by Crippen LogP contribution is 1.85. The van der Waals surface area contributed by atoms with E-state index >= 15 is 0 Å². The van der Waals surface area contributed by atoms with E-state index in [0.717, 1.165) is 19.6 Å². The van der Waals surface area contributed by atoms with Gasteiger partial charge in [-0.1, -0.05) is 0 Å². The minimum Gasteiger partial charge on any atom is -0.298 e. The molecule has 0 saturated carbocycles. The zero-order valence-corrected chi connectivity index (χ0v) is 4.35. The summed E-state index contributed by atoms with van der Waals surface area (Å²) >= 11 is 0. The Morgan fingerprint density at radius 2 is 2.57 bits per heavy atom. The van der Waals surface area contributed by atoms with E-state index in [0.29, 0.717) is 0 Å². The molecule has 1 aliphatic rings. The Bertz CT molecular complexity index is 60.5. The molecule has 0 radical (unpaired) electrons. The third-order valence-electron chi connectivity index (χ3n) is 1.02. The summed E-state index contributed by atoms with van der Waals surface area (Å²) in [5.41, 5.74) is 0. The molecule has 0 aliphatic carbocycles. The third-order valence-corrected chi connectivity index (χ3v) is 1.02. The SMILES string of the molecule is C1=NCNCCC1. The van der Waals surface area contributed by atoms with Gasteiger partial charge in [0.15, 0.2) is 0 Å². The first kappa shape index (κ1) is 4.78. The Kier molecular flexibility index (Phi) is 1.88. The minimum absolute atomic E-state index is 0.819. The smallest absolute Gasteiger partial charge is 0.0880 e. The van der Waals surface area contributed by atoms with E-state index in [9.17, 15) is 0 Å². The molecule has 0 aromatic carbocycles. The van der Waals surface area contributed by atoms with Crippen LogP contribution in [0.25, 0.3) is 0 Å². The van der Waals surface area contributed by atoms with Gasteiger partial charge in [0.1, 0.15) is 0 Å². The maximum Gasteiger partial charge on any atom is 0.0880 e. The van der Waals surface area contributed by atoms with E-state index in [1.54, 1.807) is 0 Å². The fourth-order valence-corrected chi connectivity index (χ4v) is 0.618. The number of nitrogens with one attached hydrogen (secondary N) is 1. The maximum atomic E-state index is 4.03. The normalized spacial score (nSPS) is 21.7. The topological polar surface area (TPSA) is 24.4 Å². The van der Waals surface area contributed by atoms with E-state index in [-0.39, 0.29) is 0 Å². The number of nitrogens with zero attached hydrogens (tertiary/aromatic N) is 1. The number of hydrogen-bond acceptors (Lipinski definition) is 2. The molecular formula is C5H10N2. The second kappa shape index (κ2) is 2.75. The van der Waals surface area contributed by atoms with Crippen molar-refractivity contribution in [2.45, 2.75) is 12.8 Å². The van der Waals surface area contributed by atoms with Crippen molar-refractivity contribution in [2.24, 2.45) is 4.99 Å². The summed E-state index contributed by atoms with van der Waals surface area (Å²) in [5.74, 6) is 0. The Balaban J connectivity index is 2.20. The Hall–Kier alpha value is -0.370. The van der Waals surface area contributed by atoms with Crippen molar-refractivity contribution >= 4 is 6.21 Å². The lowest BCUT2D eigenvalue weighted by Crippen LogP contribution is -2.12. The van der Waals surface area contributed by atoms with Gasteiger partial charge >= 0.3 is 0 Å². The second-order valence-electron chi connectivity index (χ2n) is 1.67. The molecule has 40 valence electrons. The first-order chi connectivity index (χ1) is 3.50. The van der Waals surface area contributed by atoms with Crippen LogP contribution in [-0.4, -0.2) is 19.4 Å². The predicted octanol–water partition coefficient (Wildman–Crippen LogP) is 0.398. The average molecular weight is 98.1 g/mol. The lowest BCUT2D eigenvalue weighted by Gasteiger charge is -1.90. The van der Waals surface area contributed by atoms with E-state index in [1.807, 2.05) is 6.21 Å². The first-order valence-electron chi connectivity index (χ1n) is 2.69. The molecule has 0 bridgehead atoms. The summed E-state index contributed by atoms with van der Waals surface area (Å²) in [4.78, 5) is 4.03.